The fourth-order valence-corrected chi connectivity index (χ4v) is 2.60. The van der Waals surface area contributed by atoms with Crippen LogP contribution in [0.3, 0.4) is 0 Å². The first-order valence-electron chi connectivity index (χ1n) is 6.69. The van der Waals surface area contributed by atoms with Crippen LogP contribution in [0.2, 0.25) is 5.02 Å². The van der Waals surface area contributed by atoms with Crippen molar-refractivity contribution in [1.82, 2.24) is 0 Å². The molecule has 1 aromatic carbocycles. The van der Waals surface area contributed by atoms with Crippen LogP contribution in [0.1, 0.15) is 45.1 Å². The molecule has 0 aromatic heterocycles. The summed E-state index contributed by atoms with van der Waals surface area (Å²) in [6.45, 7) is 5.91. The largest absolute Gasteiger partial charge is 0.376 e. The van der Waals surface area contributed by atoms with Gasteiger partial charge < -0.3 is 4.74 Å². The van der Waals surface area contributed by atoms with E-state index in [0.717, 1.165) is 21.7 Å². The van der Waals surface area contributed by atoms with Crippen LogP contribution in [0.25, 0.3) is 0 Å². The second-order valence-electron chi connectivity index (χ2n) is 4.67. The minimum atomic E-state index is 0.606. The second-order valence-corrected chi connectivity index (χ2v) is 5.99. The van der Waals surface area contributed by atoms with Gasteiger partial charge in [0.15, 0.2) is 0 Å². The molecule has 0 aliphatic carbocycles. The molecule has 0 aliphatic rings. The minimum Gasteiger partial charge on any atom is -0.376 e. The van der Waals surface area contributed by atoms with Crippen LogP contribution in [0.4, 0.5) is 0 Å². The lowest BCUT2D eigenvalue weighted by Gasteiger charge is -2.15. The average Bonchev–Trinajstić information content (AvgIpc) is 2.36. The SMILES string of the molecule is CCCCC(CC)COCc1ccc(Br)cc1Cl. The van der Waals surface area contributed by atoms with Gasteiger partial charge in [0.05, 0.1) is 6.61 Å². The van der Waals surface area contributed by atoms with E-state index in [4.69, 9.17) is 16.3 Å². The summed E-state index contributed by atoms with van der Waals surface area (Å²) in [6.07, 6.45) is 5.01. The fourth-order valence-electron chi connectivity index (χ4n) is 1.87. The van der Waals surface area contributed by atoms with Gasteiger partial charge in [-0.2, -0.15) is 0 Å². The van der Waals surface area contributed by atoms with Crippen molar-refractivity contribution in [3.05, 3.63) is 33.3 Å². The zero-order valence-corrected chi connectivity index (χ0v) is 13.6. The highest BCUT2D eigenvalue weighted by atomic mass is 79.9. The van der Waals surface area contributed by atoms with E-state index in [-0.39, 0.29) is 0 Å². The molecule has 0 saturated heterocycles. The molecule has 0 radical (unpaired) electrons. The van der Waals surface area contributed by atoms with Crippen molar-refractivity contribution < 1.29 is 4.74 Å². The third-order valence-corrected chi connectivity index (χ3v) is 4.01. The zero-order chi connectivity index (χ0) is 13.4. The first kappa shape index (κ1) is 16.0. The van der Waals surface area contributed by atoms with Gasteiger partial charge in [-0.1, -0.05) is 66.7 Å². The maximum Gasteiger partial charge on any atom is 0.0731 e. The summed E-state index contributed by atoms with van der Waals surface area (Å²) in [4.78, 5) is 0. The van der Waals surface area contributed by atoms with Crippen molar-refractivity contribution in [2.75, 3.05) is 6.61 Å². The number of ether oxygens (including phenoxy) is 1. The van der Waals surface area contributed by atoms with E-state index in [0.29, 0.717) is 12.5 Å². The number of hydrogen-bond donors (Lipinski definition) is 0. The van der Waals surface area contributed by atoms with Crippen molar-refractivity contribution >= 4 is 27.5 Å². The van der Waals surface area contributed by atoms with Crippen LogP contribution >= 0.6 is 27.5 Å². The molecule has 1 unspecified atom stereocenters. The van der Waals surface area contributed by atoms with Crippen molar-refractivity contribution in [2.24, 2.45) is 5.92 Å². The molecule has 18 heavy (non-hydrogen) atoms. The summed E-state index contributed by atoms with van der Waals surface area (Å²) in [6, 6.07) is 5.92. The van der Waals surface area contributed by atoms with E-state index in [9.17, 15) is 0 Å². The Kier molecular flexibility index (Phi) is 7.96. The molecule has 1 aromatic rings. The van der Waals surface area contributed by atoms with Crippen molar-refractivity contribution in [3.63, 3.8) is 0 Å². The molecular weight excluding hydrogens is 312 g/mol. The molecule has 0 spiro atoms. The summed E-state index contributed by atoms with van der Waals surface area (Å²) in [7, 11) is 0. The van der Waals surface area contributed by atoms with E-state index in [1.165, 1.54) is 25.7 Å². The standard InChI is InChI=1S/C15H22BrClO/c1-3-5-6-12(4-2)10-18-11-13-7-8-14(16)9-15(13)17/h7-9,12H,3-6,10-11H2,1-2H3. The summed E-state index contributed by atoms with van der Waals surface area (Å²) >= 11 is 9.55. The predicted molar refractivity (Wildman–Crippen MR) is 82.1 cm³/mol. The lowest BCUT2D eigenvalue weighted by atomic mass is 10.0. The summed E-state index contributed by atoms with van der Waals surface area (Å²) in [5.41, 5.74) is 1.06. The van der Waals surface area contributed by atoms with Gasteiger partial charge in [-0.25, -0.2) is 0 Å². The Morgan fingerprint density at radius 3 is 2.72 bits per heavy atom. The van der Waals surface area contributed by atoms with E-state index in [2.05, 4.69) is 29.8 Å². The molecule has 0 fully saturated rings. The van der Waals surface area contributed by atoms with Crippen LogP contribution in [-0.2, 0) is 11.3 Å². The topological polar surface area (TPSA) is 9.23 Å². The van der Waals surface area contributed by atoms with Gasteiger partial charge >= 0.3 is 0 Å². The molecule has 102 valence electrons. The third-order valence-electron chi connectivity index (χ3n) is 3.17. The molecule has 0 N–H and O–H groups in total. The molecule has 3 heteroatoms. The number of unbranched alkanes of at least 4 members (excludes halogenated alkanes) is 1. The van der Waals surface area contributed by atoms with E-state index in [1.54, 1.807) is 0 Å². The molecule has 0 bridgehead atoms. The van der Waals surface area contributed by atoms with Crippen molar-refractivity contribution in [1.29, 1.82) is 0 Å². The molecule has 0 amide bonds. The van der Waals surface area contributed by atoms with Crippen molar-refractivity contribution in [3.8, 4) is 0 Å². The van der Waals surface area contributed by atoms with Gasteiger partial charge in [0.2, 0.25) is 0 Å². The highest BCUT2D eigenvalue weighted by Crippen LogP contribution is 2.22. The van der Waals surface area contributed by atoms with E-state index < -0.39 is 0 Å². The lowest BCUT2D eigenvalue weighted by Crippen LogP contribution is -2.09. The Morgan fingerprint density at radius 1 is 1.33 bits per heavy atom. The van der Waals surface area contributed by atoms with Crippen LogP contribution in [0.5, 0.6) is 0 Å². The highest BCUT2D eigenvalue weighted by molar-refractivity contribution is 9.10. The Balaban J connectivity index is 2.35. The van der Waals surface area contributed by atoms with E-state index in [1.807, 2.05) is 18.2 Å². The van der Waals surface area contributed by atoms with Crippen LogP contribution in [0, 0.1) is 5.92 Å². The van der Waals surface area contributed by atoms with Crippen molar-refractivity contribution in [2.45, 2.75) is 46.1 Å². The van der Waals surface area contributed by atoms with Gasteiger partial charge in [0.25, 0.3) is 0 Å². The predicted octanol–water partition coefficient (Wildman–Crippen LogP) is 5.84. The monoisotopic (exact) mass is 332 g/mol. The summed E-state index contributed by atoms with van der Waals surface area (Å²) < 4.78 is 6.80. The van der Waals surface area contributed by atoms with Gasteiger partial charge in [-0.3, -0.25) is 0 Å². The normalized spacial score (nSPS) is 12.7. The Morgan fingerprint density at radius 2 is 2.11 bits per heavy atom. The first-order valence-corrected chi connectivity index (χ1v) is 7.86. The summed E-state index contributed by atoms with van der Waals surface area (Å²) in [5, 5.41) is 0.769. The Bertz CT molecular complexity index is 354. The number of benzene rings is 1. The lowest BCUT2D eigenvalue weighted by molar-refractivity contribution is 0.0820. The molecule has 0 heterocycles. The first-order chi connectivity index (χ1) is 8.67. The maximum absolute atomic E-state index is 6.15. The summed E-state index contributed by atoms with van der Waals surface area (Å²) in [5.74, 6) is 0.680. The van der Waals surface area contributed by atoms with Crippen LogP contribution < -0.4 is 0 Å². The quantitative estimate of drug-likeness (QED) is 0.581. The van der Waals surface area contributed by atoms with Gasteiger partial charge in [-0.15, -0.1) is 0 Å². The molecule has 1 rings (SSSR count). The molecule has 0 aliphatic heterocycles. The molecule has 1 nitrogen and oxygen atoms in total. The number of rotatable bonds is 8. The smallest absolute Gasteiger partial charge is 0.0731 e. The zero-order valence-electron chi connectivity index (χ0n) is 11.2. The maximum atomic E-state index is 6.15. The Labute approximate surface area is 124 Å². The third kappa shape index (κ3) is 5.73. The number of halogens is 2. The van der Waals surface area contributed by atoms with Gasteiger partial charge in [0.1, 0.15) is 0 Å². The Hall–Kier alpha value is -0.0500. The van der Waals surface area contributed by atoms with E-state index >= 15 is 0 Å². The highest BCUT2D eigenvalue weighted by Gasteiger charge is 2.07. The van der Waals surface area contributed by atoms with Crippen LogP contribution in [0.15, 0.2) is 22.7 Å². The molecular formula is C15H22BrClO. The molecule has 0 saturated carbocycles. The number of hydrogen-bond acceptors (Lipinski definition) is 1. The van der Waals surface area contributed by atoms with Crippen LogP contribution in [-0.4, -0.2) is 6.61 Å². The van der Waals surface area contributed by atoms with Gasteiger partial charge in [0, 0.05) is 16.1 Å². The van der Waals surface area contributed by atoms with Gasteiger partial charge in [-0.05, 0) is 30.0 Å². The fraction of sp³-hybridized carbons (Fsp3) is 0.600. The average molecular weight is 334 g/mol. The molecule has 1 atom stereocenters. The second kappa shape index (κ2) is 8.95. The minimum absolute atomic E-state index is 0.606.